The van der Waals surface area contributed by atoms with Crippen LogP contribution < -0.4 is 10.5 Å². The van der Waals surface area contributed by atoms with Crippen LogP contribution in [0.15, 0.2) is 18.2 Å². The van der Waals surface area contributed by atoms with Crippen molar-refractivity contribution in [1.82, 2.24) is 0 Å². The second-order valence-electron chi connectivity index (χ2n) is 3.75. The van der Waals surface area contributed by atoms with Gasteiger partial charge in [-0.3, -0.25) is 0 Å². The van der Waals surface area contributed by atoms with Crippen molar-refractivity contribution in [3.63, 3.8) is 0 Å². The largest absolute Gasteiger partial charge is 0.489 e. The average Bonchev–Trinajstić information content (AvgIpc) is 2.21. The molecule has 0 fully saturated rings. The highest BCUT2D eigenvalue weighted by Crippen LogP contribution is 2.22. The van der Waals surface area contributed by atoms with Crippen LogP contribution in [0.3, 0.4) is 0 Å². The zero-order valence-corrected chi connectivity index (χ0v) is 10.5. The number of ether oxygens (including phenoxy) is 1. The Balaban J connectivity index is 2.75. The van der Waals surface area contributed by atoms with E-state index >= 15 is 0 Å². The highest BCUT2D eigenvalue weighted by Gasteiger charge is 2.10. The van der Waals surface area contributed by atoms with E-state index in [0.29, 0.717) is 18.5 Å². The molecule has 0 radical (unpaired) electrons. The zero-order chi connectivity index (χ0) is 12.9. The Morgan fingerprint density at radius 3 is 2.71 bits per heavy atom. The Bertz CT molecular complexity index is 474. The van der Waals surface area contributed by atoms with Crippen molar-refractivity contribution in [2.75, 3.05) is 25.2 Å². The van der Waals surface area contributed by atoms with Gasteiger partial charge < -0.3 is 10.5 Å². The molecule has 17 heavy (non-hydrogen) atoms. The van der Waals surface area contributed by atoms with Crippen LogP contribution in [0.2, 0.25) is 0 Å². The van der Waals surface area contributed by atoms with Gasteiger partial charge in [0.2, 0.25) is 0 Å². The third-order valence-corrected chi connectivity index (χ3v) is 3.07. The Labute approximate surface area is 101 Å². The smallest absolute Gasteiger partial charge is 0.165 e. The lowest BCUT2D eigenvalue weighted by Crippen LogP contribution is -2.14. The first-order valence-corrected chi connectivity index (χ1v) is 7.28. The van der Waals surface area contributed by atoms with E-state index in [4.69, 9.17) is 10.5 Å². The van der Waals surface area contributed by atoms with Gasteiger partial charge in [-0.1, -0.05) is 12.1 Å². The molecule has 0 spiro atoms. The maximum absolute atomic E-state index is 13.5. The summed E-state index contributed by atoms with van der Waals surface area (Å²) in [5.41, 5.74) is 6.06. The van der Waals surface area contributed by atoms with Crippen molar-refractivity contribution < 1.29 is 17.5 Å². The molecule has 0 aliphatic heterocycles. The molecule has 0 aromatic heterocycles. The molecule has 1 aromatic rings. The molecule has 0 atom stereocenters. The van der Waals surface area contributed by atoms with Crippen molar-refractivity contribution in [3.8, 4) is 5.75 Å². The quantitative estimate of drug-likeness (QED) is 0.820. The molecule has 4 nitrogen and oxygen atoms in total. The van der Waals surface area contributed by atoms with E-state index in [1.54, 1.807) is 12.1 Å². The second-order valence-corrected chi connectivity index (χ2v) is 6.00. The van der Waals surface area contributed by atoms with Crippen molar-refractivity contribution >= 4 is 9.84 Å². The Morgan fingerprint density at radius 1 is 1.41 bits per heavy atom. The van der Waals surface area contributed by atoms with Crippen LogP contribution in [0.1, 0.15) is 5.56 Å². The van der Waals surface area contributed by atoms with Crippen LogP contribution in [0, 0.1) is 5.82 Å². The molecule has 0 amide bonds. The third-order valence-electron chi connectivity index (χ3n) is 2.16. The number of hydrogen-bond donors (Lipinski definition) is 1. The van der Waals surface area contributed by atoms with Crippen molar-refractivity contribution in [3.05, 3.63) is 29.6 Å². The van der Waals surface area contributed by atoms with Crippen molar-refractivity contribution in [2.24, 2.45) is 5.73 Å². The van der Waals surface area contributed by atoms with E-state index in [1.165, 1.54) is 6.07 Å². The summed E-state index contributed by atoms with van der Waals surface area (Å²) in [6, 6.07) is 4.56. The third kappa shape index (κ3) is 4.70. The molecule has 0 aliphatic carbocycles. The molecule has 0 saturated heterocycles. The summed E-state index contributed by atoms with van der Waals surface area (Å²) in [4.78, 5) is 0. The summed E-state index contributed by atoms with van der Waals surface area (Å²) in [7, 11) is -3.10. The fourth-order valence-corrected chi connectivity index (χ4v) is 1.75. The van der Waals surface area contributed by atoms with Crippen molar-refractivity contribution in [2.45, 2.75) is 6.42 Å². The standard InChI is InChI=1S/C11H16FNO3S/c1-17(14,15)8-7-16-11-9(5-6-13)3-2-4-10(11)12/h2-4H,5-8,13H2,1H3. The minimum Gasteiger partial charge on any atom is -0.489 e. The van der Waals surface area contributed by atoms with Crippen LogP contribution in [0.4, 0.5) is 4.39 Å². The molecule has 0 unspecified atom stereocenters. The summed E-state index contributed by atoms with van der Waals surface area (Å²) in [5, 5.41) is 0. The van der Waals surface area contributed by atoms with Gasteiger partial charge in [0.05, 0.1) is 5.75 Å². The van der Waals surface area contributed by atoms with Gasteiger partial charge in [-0.25, -0.2) is 12.8 Å². The van der Waals surface area contributed by atoms with Crippen LogP contribution >= 0.6 is 0 Å². The summed E-state index contributed by atoms with van der Waals surface area (Å²) in [6.45, 7) is 0.323. The fourth-order valence-electron chi connectivity index (χ4n) is 1.36. The number of halogens is 1. The number of benzene rings is 1. The Morgan fingerprint density at radius 2 is 2.12 bits per heavy atom. The lowest BCUT2D eigenvalue weighted by Gasteiger charge is -2.11. The normalized spacial score (nSPS) is 11.5. The molecule has 96 valence electrons. The van der Waals surface area contributed by atoms with Gasteiger partial charge >= 0.3 is 0 Å². The number of hydrogen-bond acceptors (Lipinski definition) is 4. The van der Waals surface area contributed by atoms with E-state index in [2.05, 4.69) is 0 Å². The molecule has 2 N–H and O–H groups in total. The summed E-state index contributed by atoms with van der Waals surface area (Å²) >= 11 is 0. The number of sulfone groups is 1. The first-order valence-electron chi connectivity index (χ1n) is 5.22. The van der Waals surface area contributed by atoms with E-state index in [0.717, 1.165) is 6.26 Å². The fraction of sp³-hybridized carbons (Fsp3) is 0.455. The molecule has 1 rings (SSSR count). The maximum Gasteiger partial charge on any atom is 0.165 e. The van der Waals surface area contributed by atoms with Gasteiger partial charge in [-0.05, 0) is 24.6 Å². The molecule has 0 bridgehead atoms. The van der Waals surface area contributed by atoms with Crippen LogP contribution in [0.25, 0.3) is 0 Å². The van der Waals surface area contributed by atoms with Gasteiger partial charge in [0.15, 0.2) is 21.4 Å². The minimum atomic E-state index is -3.10. The highest BCUT2D eigenvalue weighted by molar-refractivity contribution is 7.90. The molecule has 0 aliphatic rings. The SMILES string of the molecule is CS(=O)(=O)CCOc1c(F)cccc1CCN. The summed E-state index contributed by atoms with van der Waals surface area (Å²) < 4.78 is 40.5. The van der Waals surface area contributed by atoms with E-state index in [1.807, 2.05) is 0 Å². The molecule has 0 heterocycles. The van der Waals surface area contributed by atoms with Crippen LogP contribution in [-0.2, 0) is 16.3 Å². The van der Waals surface area contributed by atoms with Gasteiger partial charge in [0.25, 0.3) is 0 Å². The average molecular weight is 261 g/mol. The monoisotopic (exact) mass is 261 g/mol. The van der Waals surface area contributed by atoms with E-state index in [-0.39, 0.29) is 18.1 Å². The second kappa shape index (κ2) is 5.97. The Kier molecular flexibility index (Phi) is 4.89. The topological polar surface area (TPSA) is 69.4 Å². The molecule has 0 saturated carbocycles. The highest BCUT2D eigenvalue weighted by atomic mass is 32.2. The van der Waals surface area contributed by atoms with Gasteiger partial charge in [0, 0.05) is 6.26 Å². The number of nitrogens with two attached hydrogens (primary N) is 1. The summed E-state index contributed by atoms with van der Waals surface area (Å²) in [6.07, 6.45) is 1.60. The predicted molar refractivity (Wildman–Crippen MR) is 64.4 cm³/mol. The molecular formula is C11H16FNO3S. The van der Waals surface area contributed by atoms with Gasteiger partial charge in [-0.2, -0.15) is 0 Å². The van der Waals surface area contributed by atoms with E-state index < -0.39 is 15.7 Å². The van der Waals surface area contributed by atoms with Crippen LogP contribution in [0.5, 0.6) is 5.75 Å². The number of rotatable bonds is 6. The van der Waals surface area contributed by atoms with Crippen molar-refractivity contribution in [1.29, 1.82) is 0 Å². The zero-order valence-electron chi connectivity index (χ0n) is 9.65. The van der Waals surface area contributed by atoms with Gasteiger partial charge in [-0.15, -0.1) is 0 Å². The molecule has 6 heteroatoms. The minimum absolute atomic E-state index is 0.0582. The molecule has 1 aromatic carbocycles. The summed E-state index contributed by atoms with van der Waals surface area (Å²) in [5.74, 6) is -0.533. The first kappa shape index (κ1) is 13.9. The predicted octanol–water partition coefficient (Wildman–Crippen LogP) is 0.750. The number of para-hydroxylation sites is 1. The maximum atomic E-state index is 13.5. The van der Waals surface area contributed by atoms with Gasteiger partial charge in [0.1, 0.15) is 6.61 Å². The lowest BCUT2D eigenvalue weighted by atomic mass is 10.1. The first-order chi connectivity index (χ1) is 7.94. The van der Waals surface area contributed by atoms with E-state index in [9.17, 15) is 12.8 Å². The van der Waals surface area contributed by atoms with Crippen LogP contribution in [-0.4, -0.2) is 33.6 Å². The lowest BCUT2D eigenvalue weighted by molar-refractivity contribution is 0.318. The Hall–Kier alpha value is -1.14. The molecular weight excluding hydrogens is 245 g/mol.